The van der Waals surface area contributed by atoms with Gasteiger partial charge in [0.2, 0.25) is 0 Å². The van der Waals surface area contributed by atoms with Crippen molar-refractivity contribution in [3.05, 3.63) is 64.4 Å². The predicted molar refractivity (Wildman–Crippen MR) is 83.4 cm³/mol. The predicted octanol–water partition coefficient (Wildman–Crippen LogP) is 6.08. The van der Waals surface area contributed by atoms with Crippen LogP contribution in [-0.4, -0.2) is 5.78 Å². The van der Waals surface area contributed by atoms with Crippen LogP contribution in [0.5, 0.6) is 0 Å². The second kappa shape index (κ2) is 6.44. The zero-order valence-electron chi connectivity index (χ0n) is 12.3. The number of halogens is 7. The molecule has 0 fully saturated rings. The van der Waals surface area contributed by atoms with E-state index in [1.165, 1.54) is 0 Å². The Bertz CT molecular complexity index is 737. The van der Waals surface area contributed by atoms with E-state index in [1.807, 2.05) is 60.3 Å². The summed E-state index contributed by atoms with van der Waals surface area (Å²) in [5, 5.41) is 0. The average molecular weight is 436 g/mol. The number of Topliss-reactive ketones (excluding diaryl/α,β-unsaturated/α-hetero) is 1. The number of aromatic nitrogens is 1. The van der Waals surface area contributed by atoms with Gasteiger partial charge in [-0.2, -0.15) is 0 Å². The fourth-order valence-corrected chi connectivity index (χ4v) is 2.20. The molecule has 2 nitrogen and oxygen atoms in total. The summed E-state index contributed by atoms with van der Waals surface area (Å²) in [6.07, 6.45) is 2.36. The van der Waals surface area contributed by atoms with Crippen LogP contribution in [0.3, 0.4) is 0 Å². The number of pyridine rings is 1. The Balaban J connectivity index is 0.000000351. The molecule has 0 aliphatic rings. The van der Waals surface area contributed by atoms with E-state index in [1.54, 1.807) is 0 Å². The van der Waals surface area contributed by atoms with Crippen LogP contribution in [0.2, 0.25) is 0 Å². The first-order valence-electron chi connectivity index (χ1n) is 6.41. The number of aryl methyl sites for hydroxylation is 1. The number of benzene rings is 1. The minimum absolute atomic E-state index is 0.124. The van der Waals surface area contributed by atoms with Crippen molar-refractivity contribution in [3.63, 3.8) is 0 Å². The Morgan fingerprint density at radius 2 is 1.50 bits per heavy atom. The second-order valence-electron chi connectivity index (χ2n) is 4.84. The molecule has 0 N–H and O–H groups in total. The van der Waals surface area contributed by atoms with Gasteiger partial charge in [0.25, 0.3) is 0 Å². The molecule has 0 saturated carbocycles. The van der Waals surface area contributed by atoms with E-state index in [9.17, 15) is 30.0 Å². The van der Waals surface area contributed by atoms with E-state index in [0.717, 1.165) is 15.7 Å². The van der Waals surface area contributed by atoms with Gasteiger partial charge >= 0.3 is 33.0 Å². The molecule has 10 heteroatoms. The van der Waals surface area contributed by atoms with Crippen molar-refractivity contribution in [2.75, 3.05) is 0 Å². The number of rotatable bonds is 3. The molecule has 0 spiro atoms. The minimum atomic E-state index is -10.7. The summed E-state index contributed by atoms with van der Waals surface area (Å²) in [6, 6.07) is 13.4. The fraction of sp³-hybridized carbons (Fsp3) is 0.143. The summed E-state index contributed by atoms with van der Waals surface area (Å²) in [7, 11) is -8.71. The molecule has 2 rings (SSSR count). The normalized spacial score (nSPS) is 14.0. The first-order valence-corrected chi connectivity index (χ1v) is 9.23. The van der Waals surface area contributed by atoms with Crippen molar-refractivity contribution in [2.24, 2.45) is 7.05 Å². The first-order chi connectivity index (χ1) is 10.6. The van der Waals surface area contributed by atoms with Gasteiger partial charge in [0.05, 0.1) is 6.42 Å². The Morgan fingerprint density at radius 1 is 1.00 bits per heavy atom. The van der Waals surface area contributed by atoms with E-state index in [0.29, 0.717) is 6.42 Å². The Hall–Kier alpha value is -1.47. The van der Waals surface area contributed by atoms with Crippen LogP contribution < -0.4 is 4.57 Å². The standard InChI is InChI=1S/C14H13BrNO.F6P/c1-16-9-5-4-6-11(16)10-14(17)12-7-2-3-8-13(12)15;1-7(2,3,4,5)6/h2-9H,10H2,1H3;/q+1;-1. The van der Waals surface area contributed by atoms with Gasteiger partial charge in [0, 0.05) is 22.2 Å². The summed E-state index contributed by atoms with van der Waals surface area (Å²) in [5.74, 6) is 0.124. The van der Waals surface area contributed by atoms with Gasteiger partial charge in [0.1, 0.15) is 7.05 Å². The van der Waals surface area contributed by atoms with Crippen LogP contribution >= 0.6 is 23.7 Å². The average Bonchev–Trinajstić information content (AvgIpc) is 2.38. The Kier molecular flexibility index (Phi) is 5.52. The van der Waals surface area contributed by atoms with E-state index in [-0.39, 0.29) is 5.78 Å². The monoisotopic (exact) mass is 435 g/mol. The van der Waals surface area contributed by atoms with Crippen LogP contribution in [0, 0.1) is 0 Å². The molecule has 24 heavy (non-hydrogen) atoms. The van der Waals surface area contributed by atoms with Crippen molar-refractivity contribution in [2.45, 2.75) is 6.42 Å². The number of hydrogen-bond acceptors (Lipinski definition) is 1. The molecule has 2 aromatic rings. The van der Waals surface area contributed by atoms with Gasteiger partial charge < -0.3 is 0 Å². The summed E-state index contributed by atoms with van der Waals surface area (Å²) in [4.78, 5) is 12.1. The van der Waals surface area contributed by atoms with Crippen LogP contribution in [0.25, 0.3) is 0 Å². The molecular formula is C14H13BrF6NOP. The van der Waals surface area contributed by atoms with E-state index >= 15 is 0 Å². The first kappa shape index (κ1) is 20.6. The number of carbonyl (C=O) groups is 1. The van der Waals surface area contributed by atoms with Gasteiger partial charge in [-0.3, -0.25) is 4.79 Å². The number of nitrogens with zero attached hydrogens (tertiary/aromatic N) is 1. The SMILES string of the molecule is C[n+]1ccccc1CC(=O)c1ccccc1Br.F[P-](F)(F)(F)(F)F. The zero-order chi connectivity index (χ0) is 18.7. The molecule has 1 aromatic carbocycles. The summed E-state index contributed by atoms with van der Waals surface area (Å²) < 4.78 is 62.0. The van der Waals surface area contributed by atoms with Crippen molar-refractivity contribution in [1.82, 2.24) is 0 Å². The molecule has 1 aromatic heterocycles. The number of hydrogen-bond donors (Lipinski definition) is 0. The molecule has 0 amide bonds. The van der Waals surface area contributed by atoms with Crippen LogP contribution in [0.4, 0.5) is 25.2 Å². The van der Waals surface area contributed by atoms with Gasteiger partial charge in [-0.1, -0.05) is 40.2 Å². The van der Waals surface area contributed by atoms with Gasteiger partial charge in [0.15, 0.2) is 17.7 Å². The van der Waals surface area contributed by atoms with Crippen LogP contribution in [0.15, 0.2) is 53.1 Å². The number of ketones is 1. The molecule has 0 aliphatic heterocycles. The second-order valence-corrected chi connectivity index (χ2v) is 7.61. The van der Waals surface area contributed by atoms with Gasteiger partial charge in [-0.15, -0.1) is 0 Å². The molecule has 0 aliphatic carbocycles. The summed E-state index contributed by atoms with van der Waals surface area (Å²) in [6.45, 7) is 0. The summed E-state index contributed by atoms with van der Waals surface area (Å²) in [5.41, 5.74) is 1.74. The van der Waals surface area contributed by atoms with Crippen molar-refractivity contribution < 1.29 is 34.5 Å². The molecule has 1 heterocycles. The third-order valence-electron chi connectivity index (χ3n) is 2.68. The Labute approximate surface area is 142 Å². The van der Waals surface area contributed by atoms with E-state index in [2.05, 4.69) is 15.9 Å². The molecule has 0 bridgehead atoms. The Morgan fingerprint density at radius 3 is 2.00 bits per heavy atom. The van der Waals surface area contributed by atoms with Crippen LogP contribution in [-0.2, 0) is 13.5 Å². The molecular weight excluding hydrogens is 423 g/mol. The van der Waals surface area contributed by atoms with Gasteiger partial charge in [-0.05, 0) is 6.07 Å². The summed E-state index contributed by atoms with van der Waals surface area (Å²) >= 11 is 3.40. The molecule has 134 valence electrons. The van der Waals surface area contributed by atoms with Gasteiger partial charge in [-0.25, -0.2) is 4.57 Å². The maximum absolute atomic E-state index is 12.1. The maximum atomic E-state index is 12.1. The molecule has 0 unspecified atom stereocenters. The van der Waals surface area contributed by atoms with Crippen molar-refractivity contribution in [3.8, 4) is 0 Å². The number of carbonyl (C=O) groups excluding carboxylic acids is 1. The van der Waals surface area contributed by atoms with Crippen molar-refractivity contribution in [1.29, 1.82) is 0 Å². The quantitative estimate of drug-likeness (QED) is 0.247. The van der Waals surface area contributed by atoms with Crippen LogP contribution in [0.1, 0.15) is 16.1 Å². The molecule has 0 atom stereocenters. The van der Waals surface area contributed by atoms with E-state index in [4.69, 9.17) is 0 Å². The zero-order valence-corrected chi connectivity index (χ0v) is 14.8. The fourth-order valence-electron chi connectivity index (χ4n) is 1.69. The van der Waals surface area contributed by atoms with E-state index < -0.39 is 7.81 Å². The molecule has 0 saturated heterocycles. The third kappa shape index (κ3) is 9.62. The topological polar surface area (TPSA) is 20.9 Å². The third-order valence-corrected chi connectivity index (χ3v) is 3.37. The molecule has 0 radical (unpaired) electrons. The van der Waals surface area contributed by atoms with Crippen molar-refractivity contribution >= 4 is 29.5 Å².